The van der Waals surface area contributed by atoms with Crippen molar-refractivity contribution in [2.45, 2.75) is 12.5 Å². The van der Waals surface area contributed by atoms with Crippen LogP contribution in [0, 0.1) is 5.82 Å². The Balaban J connectivity index is 1.62. The zero-order chi connectivity index (χ0) is 21.8. The van der Waals surface area contributed by atoms with E-state index >= 15 is 0 Å². The van der Waals surface area contributed by atoms with Gasteiger partial charge in [0.25, 0.3) is 0 Å². The summed E-state index contributed by atoms with van der Waals surface area (Å²) in [5.74, 6) is -0.344. The predicted molar refractivity (Wildman–Crippen MR) is 105 cm³/mol. The Kier molecular flexibility index (Phi) is 5.99. The van der Waals surface area contributed by atoms with Crippen molar-refractivity contribution in [2.75, 3.05) is 13.2 Å². The molecule has 0 aliphatic heterocycles. The van der Waals surface area contributed by atoms with Crippen molar-refractivity contribution < 1.29 is 27.8 Å². The van der Waals surface area contributed by atoms with E-state index in [-0.39, 0.29) is 24.8 Å². The van der Waals surface area contributed by atoms with E-state index in [2.05, 4.69) is 19.9 Å². The first kappa shape index (κ1) is 20.6. The molecule has 1 N–H and O–H groups in total. The van der Waals surface area contributed by atoms with Crippen molar-refractivity contribution in [3.8, 4) is 23.0 Å². The summed E-state index contributed by atoms with van der Waals surface area (Å²) in [5.41, 5.74) is 1.31. The molecule has 0 saturated carbocycles. The van der Waals surface area contributed by atoms with Crippen LogP contribution in [0.15, 0.2) is 60.9 Å². The molecule has 4 rings (SSSR count). The van der Waals surface area contributed by atoms with E-state index in [1.165, 1.54) is 30.6 Å². The second-order valence-corrected chi connectivity index (χ2v) is 6.58. The number of aromatic nitrogens is 4. The number of alkyl halides is 2. The molecule has 0 radical (unpaired) electrons. The average molecular weight is 430 g/mol. The number of hydrogen-bond donors (Lipinski definition) is 1. The molecule has 0 aliphatic carbocycles. The van der Waals surface area contributed by atoms with E-state index in [1.54, 1.807) is 34.7 Å². The zero-order valence-electron chi connectivity index (χ0n) is 16.0. The average Bonchev–Trinajstić information content (AvgIpc) is 3.20. The summed E-state index contributed by atoms with van der Waals surface area (Å²) in [4.78, 5) is 4.07. The summed E-state index contributed by atoms with van der Waals surface area (Å²) < 4.78 is 50.6. The summed E-state index contributed by atoms with van der Waals surface area (Å²) in [7, 11) is 0. The van der Waals surface area contributed by atoms with Crippen LogP contribution in [0.5, 0.6) is 11.6 Å². The van der Waals surface area contributed by atoms with Gasteiger partial charge in [-0.3, -0.25) is 4.98 Å². The fourth-order valence-electron chi connectivity index (χ4n) is 3.13. The van der Waals surface area contributed by atoms with Crippen LogP contribution >= 0.6 is 0 Å². The number of hydrogen-bond acceptors (Lipinski definition) is 6. The Labute approximate surface area is 174 Å². The van der Waals surface area contributed by atoms with Gasteiger partial charge in [-0.1, -0.05) is 18.2 Å². The van der Waals surface area contributed by atoms with Gasteiger partial charge in [0.1, 0.15) is 11.6 Å². The number of halogens is 3. The first-order chi connectivity index (χ1) is 15.1. The van der Waals surface area contributed by atoms with E-state index < -0.39 is 18.3 Å². The summed E-state index contributed by atoms with van der Waals surface area (Å²) >= 11 is 0. The van der Waals surface area contributed by atoms with Crippen LogP contribution in [0.3, 0.4) is 0 Å². The highest BCUT2D eigenvalue weighted by molar-refractivity contribution is 5.61. The number of aliphatic hydroxyl groups excluding tert-OH is 1. The van der Waals surface area contributed by atoms with Crippen LogP contribution < -0.4 is 9.47 Å². The molecule has 0 aliphatic rings. The number of aliphatic hydroxyl groups is 1. The van der Waals surface area contributed by atoms with Gasteiger partial charge >= 0.3 is 6.61 Å². The maximum Gasteiger partial charge on any atom is 0.387 e. The fraction of sp³-hybridized carbons (Fsp3) is 0.190. The summed E-state index contributed by atoms with van der Waals surface area (Å²) in [6, 6.07) is 12.1. The standard InChI is InChI=1S/C21H17F3N4O3/c22-17-4-2-1-3-16(17)14(11-29)12-30-19-10-25-9-18-26-27-20(28(18)19)13-5-7-15(8-6-13)31-21(23)24/h1-10,14,21,29H,11-12H2. The van der Waals surface area contributed by atoms with Gasteiger partial charge in [-0.15, -0.1) is 10.2 Å². The number of ether oxygens (including phenoxy) is 2. The third-order valence-electron chi connectivity index (χ3n) is 4.62. The third kappa shape index (κ3) is 4.43. The Morgan fingerprint density at radius 1 is 1.00 bits per heavy atom. The maximum absolute atomic E-state index is 14.1. The molecular formula is C21H17F3N4O3. The maximum atomic E-state index is 14.1. The summed E-state index contributed by atoms with van der Waals surface area (Å²) in [5, 5.41) is 17.9. The molecule has 7 nitrogen and oxygen atoms in total. The molecule has 1 atom stereocenters. The minimum Gasteiger partial charge on any atom is -0.477 e. The van der Waals surface area contributed by atoms with Crippen molar-refractivity contribution in [3.05, 3.63) is 72.3 Å². The molecule has 0 saturated heterocycles. The van der Waals surface area contributed by atoms with Gasteiger partial charge in [0.15, 0.2) is 11.5 Å². The normalized spacial score (nSPS) is 12.3. The lowest BCUT2D eigenvalue weighted by Crippen LogP contribution is -2.16. The summed E-state index contributed by atoms with van der Waals surface area (Å²) in [6.07, 6.45) is 2.93. The highest BCUT2D eigenvalue weighted by atomic mass is 19.3. The monoisotopic (exact) mass is 430 g/mol. The number of rotatable bonds is 8. The van der Waals surface area contributed by atoms with Crippen LogP contribution in [-0.4, -0.2) is 44.5 Å². The fourth-order valence-corrected chi connectivity index (χ4v) is 3.13. The van der Waals surface area contributed by atoms with Crippen molar-refractivity contribution in [1.29, 1.82) is 0 Å². The van der Waals surface area contributed by atoms with Gasteiger partial charge in [-0.05, 0) is 35.9 Å². The highest BCUT2D eigenvalue weighted by Gasteiger charge is 2.18. The van der Waals surface area contributed by atoms with E-state index in [9.17, 15) is 18.3 Å². The Hall–Kier alpha value is -3.66. The van der Waals surface area contributed by atoms with Crippen molar-refractivity contribution in [2.24, 2.45) is 0 Å². The highest BCUT2D eigenvalue weighted by Crippen LogP contribution is 2.27. The lowest BCUT2D eigenvalue weighted by atomic mass is 10.0. The lowest BCUT2D eigenvalue weighted by molar-refractivity contribution is -0.0498. The predicted octanol–water partition coefficient (Wildman–Crippen LogP) is 3.69. The van der Waals surface area contributed by atoms with Gasteiger partial charge < -0.3 is 14.6 Å². The van der Waals surface area contributed by atoms with Gasteiger partial charge in [-0.2, -0.15) is 8.78 Å². The molecule has 0 fully saturated rings. The van der Waals surface area contributed by atoms with Crippen LogP contribution in [0.25, 0.3) is 17.0 Å². The van der Waals surface area contributed by atoms with Gasteiger partial charge in [0.05, 0.1) is 25.6 Å². The molecular weight excluding hydrogens is 413 g/mol. The first-order valence-electron chi connectivity index (χ1n) is 9.29. The van der Waals surface area contributed by atoms with Crippen molar-refractivity contribution in [1.82, 2.24) is 19.6 Å². The second-order valence-electron chi connectivity index (χ2n) is 6.58. The quantitative estimate of drug-likeness (QED) is 0.459. The zero-order valence-corrected chi connectivity index (χ0v) is 16.0. The third-order valence-corrected chi connectivity index (χ3v) is 4.62. The first-order valence-corrected chi connectivity index (χ1v) is 9.29. The van der Waals surface area contributed by atoms with Crippen LogP contribution in [0.2, 0.25) is 0 Å². The van der Waals surface area contributed by atoms with Gasteiger partial charge in [0.2, 0.25) is 5.88 Å². The molecule has 4 aromatic rings. The molecule has 2 aromatic heterocycles. The van der Waals surface area contributed by atoms with Crippen LogP contribution in [0.1, 0.15) is 11.5 Å². The molecule has 1 unspecified atom stereocenters. The number of fused-ring (bicyclic) bond motifs is 1. The molecule has 2 aromatic carbocycles. The Bertz CT molecular complexity index is 1170. The minimum absolute atomic E-state index is 0.0152. The van der Waals surface area contributed by atoms with E-state index in [0.29, 0.717) is 22.6 Å². The summed E-state index contributed by atoms with van der Waals surface area (Å²) in [6.45, 7) is -3.25. The molecule has 0 spiro atoms. The van der Waals surface area contributed by atoms with E-state index in [4.69, 9.17) is 4.74 Å². The SMILES string of the molecule is OCC(COc1cncc2nnc(-c3ccc(OC(F)F)cc3)n12)c1ccccc1F. The number of nitrogens with zero attached hydrogens (tertiary/aromatic N) is 4. The minimum atomic E-state index is -2.92. The van der Waals surface area contributed by atoms with Crippen LogP contribution in [0.4, 0.5) is 13.2 Å². The van der Waals surface area contributed by atoms with E-state index in [1.807, 2.05) is 0 Å². The van der Waals surface area contributed by atoms with Crippen LogP contribution in [-0.2, 0) is 0 Å². The molecule has 10 heteroatoms. The molecule has 31 heavy (non-hydrogen) atoms. The number of benzene rings is 2. The topological polar surface area (TPSA) is 81.8 Å². The molecule has 160 valence electrons. The molecule has 0 bridgehead atoms. The smallest absolute Gasteiger partial charge is 0.387 e. The molecule has 2 heterocycles. The Morgan fingerprint density at radius 2 is 1.77 bits per heavy atom. The lowest BCUT2D eigenvalue weighted by Gasteiger charge is -2.17. The van der Waals surface area contributed by atoms with Crippen molar-refractivity contribution in [3.63, 3.8) is 0 Å². The van der Waals surface area contributed by atoms with Gasteiger partial charge in [0, 0.05) is 11.5 Å². The second kappa shape index (κ2) is 9.00. The largest absolute Gasteiger partial charge is 0.477 e. The molecule has 0 amide bonds. The van der Waals surface area contributed by atoms with Gasteiger partial charge in [-0.25, -0.2) is 8.79 Å². The van der Waals surface area contributed by atoms with Crippen molar-refractivity contribution >= 4 is 5.65 Å². The Morgan fingerprint density at radius 3 is 2.48 bits per heavy atom. The van der Waals surface area contributed by atoms with E-state index in [0.717, 1.165) is 0 Å².